The Morgan fingerprint density at radius 1 is 1.54 bits per heavy atom. The maximum absolute atomic E-state index is 10.3. The van der Waals surface area contributed by atoms with Gasteiger partial charge in [0.25, 0.3) is 0 Å². The van der Waals surface area contributed by atoms with Crippen molar-refractivity contribution in [3.05, 3.63) is 0 Å². The molecule has 0 heterocycles. The molecule has 0 amide bonds. The molecule has 0 spiro atoms. The second-order valence-electron chi connectivity index (χ2n) is 2.67. The minimum Gasteiger partial charge on any atom is -0.314 e. The molecule has 1 radical (unpaired) electrons. The molecule has 7 heteroatoms. The lowest BCUT2D eigenvalue weighted by Gasteiger charge is -2.13. The predicted molar refractivity (Wildman–Crippen MR) is 45.6 cm³/mol. The van der Waals surface area contributed by atoms with E-state index in [1.165, 1.54) is 0 Å². The highest BCUT2D eigenvalue weighted by Crippen LogP contribution is 2.37. The molecule has 0 aromatic heterocycles. The van der Waals surface area contributed by atoms with E-state index in [-0.39, 0.29) is 6.61 Å². The second-order valence-corrected chi connectivity index (χ2v) is 3.86. The summed E-state index contributed by atoms with van der Waals surface area (Å²) in [5.74, 6) is 0. The molecule has 0 bridgehead atoms. The smallest absolute Gasteiger partial charge is 0.314 e. The average Bonchev–Trinajstić information content (AvgIpc) is 1.94. The number of phosphoric acid groups is 1. The Hall–Kier alpha value is 0.0300. The number of phosphoric ester groups is 1. The summed E-state index contributed by atoms with van der Waals surface area (Å²) < 4.78 is 14.7. The Morgan fingerprint density at radius 2 is 2.15 bits per heavy atom. The van der Waals surface area contributed by atoms with Crippen molar-refractivity contribution in [3.63, 3.8) is 0 Å². The first-order valence-corrected chi connectivity index (χ1v) is 5.51. The molecular formula is C6H15NO5P. The molecule has 0 rings (SSSR count). The molecule has 0 aliphatic rings. The fourth-order valence-electron chi connectivity index (χ4n) is 0.774. The SMILES string of the molecule is CC(CNCCC[O])OP(=O)(O)O. The number of nitrogens with one attached hydrogen (secondary N) is 1. The summed E-state index contributed by atoms with van der Waals surface area (Å²) >= 11 is 0. The van der Waals surface area contributed by atoms with Gasteiger partial charge in [0.15, 0.2) is 0 Å². The highest BCUT2D eigenvalue weighted by atomic mass is 31.2. The van der Waals surface area contributed by atoms with Crippen LogP contribution in [-0.4, -0.2) is 35.6 Å². The Bertz CT molecular complexity index is 170. The van der Waals surface area contributed by atoms with Gasteiger partial charge in [0.1, 0.15) is 0 Å². The van der Waals surface area contributed by atoms with Crippen LogP contribution in [-0.2, 0) is 14.2 Å². The minimum absolute atomic E-state index is 0.152. The molecule has 0 fully saturated rings. The molecule has 0 aromatic carbocycles. The number of hydrogen-bond donors (Lipinski definition) is 3. The lowest BCUT2D eigenvalue weighted by atomic mass is 10.4. The third kappa shape index (κ3) is 9.95. The van der Waals surface area contributed by atoms with Crippen LogP contribution in [0.25, 0.3) is 0 Å². The highest BCUT2D eigenvalue weighted by Gasteiger charge is 2.17. The van der Waals surface area contributed by atoms with Crippen molar-refractivity contribution < 1.29 is 24.0 Å². The van der Waals surface area contributed by atoms with Gasteiger partial charge >= 0.3 is 7.82 Å². The standard InChI is InChI=1S/C6H15NO5P/c1-6(12-13(9,10)11)5-7-3-2-4-8/h6-7H,2-5H2,1H3,(H2,9,10,11). The van der Waals surface area contributed by atoms with Crippen molar-refractivity contribution in [3.8, 4) is 0 Å². The van der Waals surface area contributed by atoms with Crippen molar-refractivity contribution in [1.82, 2.24) is 5.32 Å². The zero-order valence-corrected chi connectivity index (χ0v) is 8.37. The Balaban J connectivity index is 3.41. The lowest BCUT2D eigenvalue weighted by Crippen LogP contribution is -2.27. The summed E-state index contributed by atoms with van der Waals surface area (Å²) in [5.41, 5.74) is 0. The minimum atomic E-state index is -4.38. The van der Waals surface area contributed by atoms with Crippen molar-refractivity contribution in [1.29, 1.82) is 0 Å². The normalized spacial score (nSPS) is 14.5. The third-order valence-electron chi connectivity index (χ3n) is 1.25. The maximum atomic E-state index is 10.3. The second kappa shape index (κ2) is 6.48. The predicted octanol–water partition coefficient (Wildman–Crippen LogP) is -0.106. The molecular weight excluding hydrogens is 197 g/mol. The van der Waals surface area contributed by atoms with Gasteiger partial charge in [0.2, 0.25) is 0 Å². The summed E-state index contributed by atoms with van der Waals surface area (Å²) in [7, 11) is -4.38. The van der Waals surface area contributed by atoms with Gasteiger partial charge in [-0.15, -0.1) is 0 Å². The fourth-order valence-corrected chi connectivity index (χ4v) is 1.32. The summed E-state index contributed by atoms with van der Waals surface area (Å²) in [6.45, 7) is 2.26. The largest absolute Gasteiger partial charge is 0.469 e. The first-order chi connectivity index (χ1) is 5.95. The van der Waals surface area contributed by atoms with Gasteiger partial charge in [-0.2, -0.15) is 0 Å². The molecule has 1 unspecified atom stereocenters. The summed E-state index contributed by atoms with van der Waals surface area (Å²) in [5, 5.41) is 12.8. The van der Waals surface area contributed by atoms with Gasteiger partial charge < -0.3 is 15.1 Å². The molecule has 1 atom stereocenters. The van der Waals surface area contributed by atoms with Crippen LogP contribution in [0.5, 0.6) is 0 Å². The monoisotopic (exact) mass is 212 g/mol. The lowest BCUT2D eigenvalue weighted by molar-refractivity contribution is 0.141. The third-order valence-corrected chi connectivity index (χ3v) is 1.88. The van der Waals surface area contributed by atoms with E-state index in [9.17, 15) is 9.67 Å². The number of hydrogen-bond acceptors (Lipinski definition) is 3. The van der Waals surface area contributed by atoms with Gasteiger partial charge in [-0.3, -0.25) is 4.52 Å². The van der Waals surface area contributed by atoms with Crippen LogP contribution in [0.3, 0.4) is 0 Å². The Morgan fingerprint density at radius 3 is 2.62 bits per heavy atom. The Labute approximate surface area is 77.2 Å². The van der Waals surface area contributed by atoms with Crippen LogP contribution in [0, 0.1) is 0 Å². The summed E-state index contributed by atoms with van der Waals surface area (Å²) in [4.78, 5) is 16.8. The van der Waals surface area contributed by atoms with Crippen molar-refractivity contribution in [2.45, 2.75) is 19.4 Å². The van der Waals surface area contributed by atoms with Gasteiger partial charge in [-0.05, 0) is 19.9 Å². The van der Waals surface area contributed by atoms with Crippen LogP contribution in [0.2, 0.25) is 0 Å². The van der Waals surface area contributed by atoms with E-state index in [1.807, 2.05) is 0 Å². The van der Waals surface area contributed by atoms with Gasteiger partial charge in [-0.1, -0.05) is 0 Å². The van der Waals surface area contributed by atoms with E-state index in [0.29, 0.717) is 19.5 Å². The van der Waals surface area contributed by atoms with Crippen LogP contribution in [0.1, 0.15) is 13.3 Å². The highest BCUT2D eigenvalue weighted by molar-refractivity contribution is 7.46. The zero-order valence-electron chi connectivity index (χ0n) is 7.47. The van der Waals surface area contributed by atoms with Crippen molar-refractivity contribution >= 4 is 7.82 Å². The topological polar surface area (TPSA) is 98.7 Å². The van der Waals surface area contributed by atoms with E-state index in [1.54, 1.807) is 6.92 Å². The van der Waals surface area contributed by atoms with E-state index < -0.39 is 13.9 Å². The van der Waals surface area contributed by atoms with E-state index >= 15 is 0 Å². The molecule has 3 N–H and O–H groups in total. The molecule has 6 nitrogen and oxygen atoms in total. The van der Waals surface area contributed by atoms with Crippen molar-refractivity contribution in [2.75, 3.05) is 19.7 Å². The molecule has 13 heavy (non-hydrogen) atoms. The van der Waals surface area contributed by atoms with Gasteiger partial charge in [0, 0.05) is 6.54 Å². The average molecular weight is 212 g/mol. The molecule has 0 saturated carbocycles. The van der Waals surface area contributed by atoms with Crippen LogP contribution < -0.4 is 5.32 Å². The van der Waals surface area contributed by atoms with Gasteiger partial charge in [0.05, 0.1) is 12.7 Å². The van der Waals surface area contributed by atoms with Crippen molar-refractivity contribution in [2.24, 2.45) is 0 Å². The van der Waals surface area contributed by atoms with E-state index in [4.69, 9.17) is 9.79 Å². The maximum Gasteiger partial charge on any atom is 0.469 e. The van der Waals surface area contributed by atoms with E-state index in [2.05, 4.69) is 9.84 Å². The molecule has 0 saturated heterocycles. The zero-order chi connectivity index (χ0) is 10.3. The number of rotatable bonds is 7. The molecule has 0 aromatic rings. The summed E-state index contributed by atoms with van der Waals surface area (Å²) in [6, 6.07) is 0. The molecule has 0 aliphatic carbocycles. The first-order valence-electron chi connectivity index (χ1n) is 3.98. The van der Waals surface area contributed by atoms with Crippen LogP contribution >= 0.6 is 7.82 Å². The molecule has 0 aliphatic heterocycles. The van der Waals surface area contributed by atoms with Crippen LogP contribution in [0.15, 0.2) is 0 Å². The van der Waals surface area contributed by atoms with Crippen LogP contribution in [0.4, 0.5) is 0 Å². The van der Waals surface area contributed by atoms with E-state index in [0.717, 1.165) is 0 Å². The quantitative estimate of drug-likeness (QED) is 0.404. The Kier molecular flexibility index (Phi) is 6.49. The molecule has 79 valence electrons. The first kappa shape index (κ1) is 13.0. The summed E-state index contributed by atoms with van der Waals surface area (Å²) in [6.07, 6.45) is -0.0599. The van der Waals surface area contributed by atoms with Gasteiger partial charge in [-0.25, -0.2) is 9.67 Å². The fraction of sp³-hybridized carbons (Fsp3) is 1.00.